The van der Waals surface area contributed by atoms with Gasteiger partial charge in [-0.1, -0.05) is 28.1 Å². The van der Waals surface area contributed by atoms with Gasteiger partial charge in [0.15, 0.2) is 0 Å². The van der Waals surface area contributed by atoms with Gasteiger partial charge in [0, 0.05) is 16.4 Å². The van der Waals surface area contributed by atoms with Crippen molar-refractivity contribution < 1.29 is 4.39 Å². The van der Waals surface area contributed by atoms with Crippen molar-refractivity contribution in [3.8, 4) is 0 Å². The number of hydrogen-bond donors (Lipinski definition) is 2. The Morgan fingerprint density at radius 1 is 1.04 bits per heavy atom. The summed E-state index contributed by atoms with van der Waals surface area (Å²) in [6.45, 7) is 2.01. The zero-order valence-corrected chi connectivity index (χ0v) is 13.9. The van der Waals surface area contributed by atoms with Crippen LogP contribution in [0.4, 0.5) is 27.5 Å². The molecule has 0 amide bonds. The van der Waals surface area contributed by atoms with Gasteiger partial charge in [-0.3, -0.25) is 0 Å². The highest BCUT2D eigenvalue weighted by atomic mass is 79.9. The van der Waals surface area contributed by atoms with E-state index in [4.69, 9.17) is 0 Å². The Hall–Kier alpha value is -2.47. The molecular weight excluding hydrogens is 359 g/mol. The van der Waals surface area contributed by atoms with Crippen LogP contribution >= 0.6 is 15.9 Å². The second-order valence-corrected chi connectivity index (χ2v) is 5.81. The molecule has 0 spiro atoms. The van der Waals surface area contributed by atoms with Crippen LogP contribution in [0.1, 0.15) is 5.56 Å². The Labute approximate surface area is 141 Å². The summed E-state index contributed by atoms with van der Waals surface area (Å²) in [4.78, 5) is 8.46. The number of aromatic nitrogens is 2. The molecule has 0 bridgehead atoms. The highest BCUT2D eigenvalue weighted by Crippen LogP contribution is 2.23. The van der Waals surface area contributed by atoms with E-state index in [1.807, 2.05) is 25.1 Å². The molecule has 0 saturated heterocycles. The molecular formula is C17H14BrFN4. The molecule has 0 radical (unpaired) electrons. The molecule has 1 heterocycles. The molecule has 3 rings (SSSR count). The molecule has 0 aliphatic carbocycles. The van der Waals surface area contributed by atoms with E-state index in [0.717, 1.165) is 15.7 Å². The van der Waals surface area contributed by atoms with Crippen molar-refractivity contribution in [2.45, 2.75) is 6.92 Å². The topological polar surface area (TPSA) is 49.8 Å². The Balaban J connectivity index is 1.79. The number of halogens is 2. The summed E-state index contributed by atoms with van der Waals surface area (Å²) >= 11 is 3.47. The average Bonchev–Trinajstić information content (AvgIpc) is 2.54. The van der Waals surface area contributed by atoms with Gasteiger partial charge in [0.1, 0.15) is 11.6 Å². The standard InChI is InChI=1S/C17H14BrFN4/c1-11-10-12(6-7-13(11)18)21-16-8-9-20-17(23-16)22-15-5-3-2-4-14(15)19/h2-10H,1H3,(H2,20,21,22,23). The van der Waals surface area contributed by atoms with Crippen LogP contribution in [0, 0.1) is 12.7 Å². The quantitative estimate of drug-likeness (QED) is 0.662. The third-order valence-electron chi connectivity index (χ3n) is 3.21. The van der Waals surface area contributed by atoms with Crippen LogP contribution in [0.15, 0.2) is 59.2 Å². The number of anilines is 4. The molecule has 2 aromatic carbocycles. The highest BCUT2D eigenvalue weighted by molar-refractivity contribution is 9.10. The smallest absolute Gasteiger partial charge is 0.229 e. The number of aryl methyl sites for hydroxylation is 1. The van der Waals surface area contributed by atoms with Crippen molar-refractivity contribution in [2.75, 3.05) is 10.6 Å². The molecule has 0 saturated carbocycles. The number of hydrogen-bond acceptors (Lipinski definition) is 4. The summed E-state index contributed by atoms with van der Waals surface area (Å²) in [5, 5.41) is 6.08. The van der Waals surface area contributed by atoms with Crippen molar-refractivity contribution in [3.05, 3.63) is 70.6 Å². The average molecular weight is 373 g/mol. The molecule has 1 aromatic heterocycles. The van der Waals surface area contributed by atoms with Crippen molar-refractivity contribution in [3.63, 3.8) is 0 Å². The molecule has 6 heteroatoms. The SMILES string of the molecule is Cc1cc(Nc2ccnc(Nc3ccccc3F)n2)ccc1Br. The predicted molar refractivity (Wildman–Crippen MR) is 93.9 cm³/mol. The van der Waals surface area contributed by atoms with Crippen LogP contribution < -0.4 is 10.6 Å². The fourth-order valence-electron chi connectivity index (χ4n) is 2.04. The number of benzene rings is 2. The zero-order valence-electron chi connectivity index (χ0n) is 12.3. The molecule has 2 N–H and O–H groups in total. The maximum absolute atomic E-state index is 13.7. The van der Waals surface area contributed by atoms with Gasteiger partial charge >= 0.3 is 0 Å². The maximum Gasteiger partial charge on any atom is 0.229 e. The molecule has 116 valence electrons. The molecule has 0 atom stereocenters. The lowest BCUT2D eigenvalue weighted by molar-refractivity contribution is 0.631. The minimum absolute atomic E-state index is 0.328. The lowest BCUT2D eigenvalue weighted by Gasteiger charge is -2.10. The van der Waals surface area contributed by atoms with Crippen LogP contribution in [-0.2, 0) is 0 Å². The number of para-hydroxylation sites is 1. The fraction of sp³-hybridized carbons (Fsp3) is 0.0588. The van der Waals surface area contributed by atoms with Gasteiger partial charge < -0.3 is 10.6 Å². The molecule has 0 unspecified atom stereocenters. The maximum atomic E-state index is 13.7. The fourth-order valence-corrected chi connectivity index (χ4v) is 2.29. The van der Waals surface area contributed by atoms with E-state index in [2.05, 4.69) is 36.5 Å². The van der Waals surface area contributed by atoms with E-state index in [9.17, 15) is 4.39 Å². The summed E-state index contributed by atoms with van der Waals surface area (Å²) < 4.78 is 14.7. The summed E-state index contributed by atoms with van der Waals surface area (Å²) in [5.74, 6) is 0.604. The molecule has 4 nitrogen and oxygen atoms in total. The van der Waals surface area contributed by atoms with Gasteiger partial charge in [0.05, 0.1) is 5.69 Å². The third-order valence-corrected chi connectivity index (χ3v) is 4.10. The van der Waals surface area contributed by atoms with Gasteiger partial charge in [-0.2, -0.15) is 4.98 Å². The molecule has 3 aromatic rings. The first-order valence-corrected chi connectivity index (χ1v) is 7.79. The molecule has 23 heavy (non-hydrogen) atoms. The van der Waals surface area contributed by atoms with E-state index >= 15 is 0 Å². The molecule has 0 fully saturated rings. The van der Waals surface area contributed by atoms with Gasteiger partial charge in [0.25, 0.3) is 0 Å². The van der Waals surface area contributed by atoms with Crippen LogP contribution in [0.25, 0.3) is 0 Å². The first-order chi connectivity index (χ1) is 11.1. The van der Waals surface area contributed by atoms with Crippen LogP contribution in [-0.4, -0.2) is 9.97 Å². The van der Waals surface area contributed by atoms with E-state index < -0.39 is 0 Å². The van der Waals surface area contributed by atoms with Crippen LogP contribution in [0.5, 0.6) is 0 Å². The van der Waals surface area contributed by atoms with E-state index in [0.29, 0.717) is 17.5 Å². The molecule has 0 aliphatic heterocycles. The number of nitrogens with zero attached hydrogens (tertiary/aromatic N) is 2. The minimum Gasteiger partial charge on any atom is -0.340 e. The van der Waals surface area contributed by atoms with Gasteiger partial charge in [-0.25, -0.2) is 9.37 Å². The first-order valence-electron chi connectivity index (χ1n) is 6.99. The Morgan fingerprint density at radius 3 is 2.65 bits per heavy atom. The summed E-state index contributed by atoms with van der Waals surface area (Å²) in [5.41, 5.74) is 2.37. The highest BCUT2D eigenvalue weighted by Gasteiger charge is 2.05. The van der Waals surface area contributed by atoms with Gasteiger partial charge in [0.2, 0.25) is 5.95 Å². The van der Waals surface area contributed by atoms with Gasteiger partial charge in [-0.05, 0) is 48.9 Å². The summed E-state index contributed by atoms with van der Waals surface area (Å²) in [6, 6.07) is 14.1. The molecule has 0 aliphatic rings. The summed E-state index contributed by atoms with van der Waals surface area (Å²) in [6.07, 6.45) is 1.62. The van der Waals surface area contributed by atoms with E-state index in [1.54, 1.807) is 30.5 Å². The van der Waals surface area contributed by atoms with Crippen molar-refractivity contribution in [1.82, 2.24) is 9.97 Å². The monoisotopic (exact) mass is 372 g/mol. The largest absolute Gasteiger partial charge is 0.340 e. The van der Waals surface area contributed by atoms with Gasteiger partial charge in [-0.15, -0.1) is 0 Å². The summed E-state index contributed by atoms with van der Waals surface area (Å²) in [7, 11) is 0. The third kappa shape index (κ3) is 3.84. The van der Waals surface area contributed by atoms with Crippen LogP contribution in [0.3, 0.4) is 0 Å². The lowest BCUT2D eigenvalue weighted by Crippen LogP contribution is -2.01. The second kappa shape index (κ2) is 6.75. The predicted octanol–water partition coefficient (Wildman–Crippen LogP) is 5.17. The second-order valence-electron chi connectivity index (χ2n) is 4.96. The van der Waals surface area contributed by atoms with Crippen molar-refractivity contribution in [2.24, 2.45) is 0 Å². The normalized spacial score (nSPS) is 10.4. The van der Waals surface area contributed by atoms with Crippen molar-refractivity contribution in [1.29, 1.82) is 0 Å². The number of rotatable bonds is 4. The Morgan fingerprint density at radius 2 is 1.87 bits per heavy atom. The van der Waals surface area contributed by atoms with Crippen LogP contribution in [0.2, 0.25) is 0 Å². The van der Waals surface area contributed by atoms with E-state index in [1.165, 1.54) is 6.07 Å². The zero-order chi connectivity index (χ0) is 16.2. The van der Waals surface area contributed by atoms with E-state index in [-0.39, 0.29) is 5.82 Å². The first kappa shape index (κ1) is 15.4. The minimum atomic E-state index is -0.349. The van der Waals surface area contributed by atoms with Crippen molar-refractivity contribution >= 4 is 39.1 Å². The Kier molecular flexibility index (Phi) is 4.52. The Bertz CT molecular complexity index is 838. The number of nitrogens with one attached hydrogen (secondary N) is 2. The lowest BCUT2D eigenvalue weighted by atomic mass is 10.2.